The summed E-state index contributed by atoms with van der Waals surface area (Å²) in [6.45, 7) is 1.49. The van der Waals surface area contributed by atoms with Gasteiger partial charge in [-0.1, -0.05) is 66.2 Å². The molecule has 0 aliphatic heterocycles. The standard InChI is InChI=1S/C22H20ClN3O3S/c23-20-11-10-19(26(27)28)12-21(20)25-22(30)24-13-17-8-4-5-9-18(17)15-29-14-16-6-2-1-3-7-16/h1-12H,13-15H2,(H2,24,25,30). The topological polar surface area (TPSA) is 76.4 Å². The van der Waals surface area contributed by atoms with Crippen molar-refractivity contribution < 1.29 is 9.66 Å². The number of nitro groups is 1. The van der Waals surface area contributed by atoms with E-state index in [1.165, 1.54) is 18.2 Å². The lowest BCUT2D eigenvalue weighted by Gasteiger charge is -2.14. The van der Waals surface area contributed by atoms with Crippen LogP contribution in [0.2, 0.25) is 5.02 Å². The average molecular weight is 442 g/mol. The van der Waals surface area contributed by atoms with E-state index in [0.29, 0.717) is 35.6 Å². The van der Waals surface area contributed by atoms with Gasteiger partial charge in [0.15, 0.2) is 5.11 Å². The Morgan fingerprint density at radius 3 is 2.43 bits per heavy atom. The van der Waals surface area contributed by atoms with Crippen molar-refractivity contribution in [2.24, 2.45) is 0 Å². The van der Waals surface area contributed by atoms with Crippen molar-refractivity contribution in [3.8, 4) is 0 Å². The number of hydrogen-bond donors (Lipinski definition) is 2. The fourth-order valence-electron chi connectivity index (χ4n) is 2.79. The van der Waals surface area contributed by atoms with Crippen molar-refractivity contribution in [2.45, 2.75) is 19.8 Å². The van der Waals surface area contributed by atoms with Gasteiger partial charge in [-0.05, 0) is 35.0 Å². The van der Waals surface area contributed by atoms with Crippen molar-refractivity contribution in [3.63, 3.8) is 0 Å². The van der Waals surface area contributed by atoms with Gasteiger partial charge < -0.3 is 15.4 Å². The van der Waals surface area contributed by atoms with E-state index >= 15 is 0 Å². The second-order valence-corrected chi connectivity index (χ2v) is 7.29. The molecule has 0 heterocycles. The first-order valence-corrected chi connectivity index (χ1v) is 9.99. The van der Waals surface area contributed by atoms with Crippen LogP contribution in [-0.4, -0.2) is 10.0 Å². The lowest BCUT2D eigenvalue weighted by atomic mass is 10.1. The molecule has 30 heavy (non-hydrogen) atoms. The van der Waals surface area contributed by atoms with Gasteiger partial charge in [-0.3, -0.25) is 10.1 Å². The molecule has 3 aromatic carbocycles. The van der Waals surface area contributed by atoms with Crippen molar-refractivity contribution in [1.29, 1.82) is 0 Å². The number of benzene rings is 3. The summed E-state index contributed by atoms with van der Waals surface area (Å²) in [5.74, 6) is 0. The van der Waals surface area contributed by atoms with E-state index < -0.39 is 4.92 Å². The van der Waals surface area contributed by atoms with Gasteiger partial charge in [0.05, 0.1) is 28.8 Å². The number of rotatable bonds is 8. The summed E-state index contributed by atoms with van der Waals surface area (Å²) in [4.78, 5) is 10.5. The molecule has 3 aromatic rings. The number of non-ortho nitro benzene ring substituents is 1. The van der Waals surface area contributed by atoms with E-state index in [1.54, 1.807) is 0 Å². The number of hydrogen-bond acceptors (Lipinski definition) is 4. The van der Waals surface area contributed by atoms with Gasteiger partial charge in [-0.15, -0.1) is 0 Å². The summed E-state index contributed by atoms with van der Waals surface area (Å²) >= 11 is 11.4. The van der Waals surface area contributed by atoms with Gasteiger partial charge in [0.25, 0.3) is 5.69 Å². The molecule has 0 unspecified atom stereocenters. The molecule has 6 nitrogen and oxygen atoms in total. The molecule has 0 bridgehead atoms. The fraction of sp³-hybridized carbons (Fsp3) is 0.136. The number of thiocarbonyl (C=S) groups is 1. The third-order valence-corrected chi connectivity index (χ3v) is 4.91. The molecule has 3 rings (SSSR count). The highest BCUT2D eigenvalue weighted by Gasteiger charge is 2.11. The smallest absolute Gasteiger partial charge is 0.271 e. The summed E-state index contributed by atoms with van der Waals surface area (Å²) in [6.07, 6.45) is 0. The van der Waals surface area contributed by atoms with E-state index in [4.69, 9.17) is 28.6 Å². The molecule has 0 aromatic heterocycles. The van der Waals surface area contributed by atoms with Crippen LogP contribution in [0.5, 0.6) is 0 Å². The van der Waals surface area contributed by atoms with Crippen LogP contribution in [0.3, 0.4) is 0 Å². The molecule has 154 valence electrons. The summed E-state index contributed by atoms with van der Waals surface area (Å²) < 4.78 is 5.84. The van der Waals surface area contributed by atoms with Crippen molar-refractivity contribution in [2.75, 3.05) is 5.32 Å². The minimum Gasteiger partial charge on any atom is -0.372 e. The summed E-state index contributed by atoms with van der Waals surface area (Å²) in [5, 5.41) is 17.6. The Hall–Kier alpha value is -3.00. The highest BCUT2D eigenvalue weighted by Crippen LogP contribution is 2.26. The zero-order valence-electron chi connectivity index (χ0n) is 16.0. The number of nitro benzene ring substituents is 1. The molecule has 0 saturated carbocycles. The van der Waals surface area contributed by atoms with Crippen LogP contribution >= 0.6 is 23.8 Å². The molecule has 0 aliphatic rings. The van der Waals surface area contributed by atoms with Gasteiger partial charge in [0.2, 0.25) is 0 Å². The lowest BCUT2D eigenvalue weighted by Crippen LogP contribution is -2.28. The summed E-state index contributed by atoms with van der Waals surface area (Å²) in [7, 11) is 0. The van der Waals surface area contributed by atoms with E-state index in [2.05, 4.69) is 10.6 Å². The number of halogens is 1. The maximum Gasteiger partial charge on any atom is 0.271 e. The highest BCUT2D eigenvalue weighted by molar-refractivity contribution is 7.80. The summed E-state index contributed by atoms with van der Waals surface area (Å²) in [6, 6.07) is 22.1. The molecule has 0 spiro atoms. The van der Waals surface area contributed by atoms with Gasteiger partial charge in [-0.25, -0.2) is 0 Å². The zero-order valence-corrected chi connectivity index (χ0v) is 17.6. The summed E-state index contributed by atoms with van der Waals surface area (Å²) in [5.41, 5.74) is 3.53. The van der Waals surface area contributed by atoms with Crippen molar-refractivity contribution >= 4 is 40.3 Å². The fourth-order valence-corrected chi connectivity index (χ4v) is 3.14. The number of nitrogens with zero attached hydrogens (tertiary/aromatic N) is 1. The number of anilines is 1. The molecule has 0 radical (unpaired) electrons. The van der Waals surface area contributed by atoms with Gasteiger partial charge in [0, 0.05) is 18.7 Å². The Labute approximate surface area is 185 Å². The van der Waals surface area contributed by atoms with E-state index in [0.717, 1.165) is 16.7 Å². The predicted molar refractivity (Wildman–Crippen MR) is 123 cm³/mol. The van der Waals surface area contributed by atoms with Gasteiger partial charge >= 0.3 is 0 Å². The van der Waals surface area contributed by atoms with Crippen LogP contribution in [0.15, 0.2) is 72.8 Å². The maximum atomic E-state index is 10.9. The van der Waals surface area contributed by atoms with E-state index in [-0.39, 0.29) is 5.69 Å². The monoisotopic (exact) mass is 441 g/mol. The molecule has 0 amide bonds. The van der Waals surface area contributed by atoms with Crippen LogP contribution in [0.1, 0.15) is 16.7 Å². The van der Waals surface area contributed by atoms with E-state index in [1.807, 2.05) is 54.6 Å². The predicted octanol–water partition coefficient (Wildman–Crippen LogP) is 5.45. The van der Waals surface area contributed by atoms with Crippen molar-refractivity contribution in [1.82, 2.24) is 5.32 Å². The second-order valence-electron chi connectivity index (χ2n) is 6.48. The molecule has 8 heteroatoms. The first kappa shape index (κ1) is 21.7. The molecule has 0 saturated heterocycles. The normalized spacial score (nSPS) is 10.4. The Morgan fingerprint density at radius 1 is 1.00 bits per heavy atom. The third kappa shape index (κ3) is 6.25. The van der Waals surface area contributed by atoms with Gasteiger partial charge in [0.1, 0.15) is 0 Å². The minimum absolute atomic E-state index is 0.0642. The van der Waals surface area contributed by atoms with Gasteiger partial charge in [-0.2, -0.15) is 0 Å². The van der Waals surface area contributed by atoms with Crippen molar-refractivity contribution in [3.05, 3.63) is 105 Å². The molecule has 0 fully saturated rings. The SMILES string of the molecule is O=[N+]([O-])c1ccc(Cl)c(NC(=S)NCc2ccccc2COCc2ccccc2)c1. The molecule has 2 N–H and O–H groups in total. The molecule has 0 aliphatic carbocycles. The molecule has 0 atom stereocenters. The number of nitrogens with one attached hydrogen (secondary N) is 2. The molecular weight excluding hydrogens is 422 g/mol. The minimum atomic E-state index is -0.482. The van der Waals surface area contributed by atoms with Crippen LogP contribution in [0.4, 0.5) is 11.4 Å². The van der Waals surface area contributed by atoms with Crippen LogP contribution in [0.25, 0.3) is 0 Å². The first-order chi connectivity index (χ1) is 14.5. The Kier molecular flexibility index (Phi) is 7.73. The quantitative estimate of drug-likeness (QED) is 0.275. The second kappa shape index (κ2) is 10.7. The Morgan fingerprint density at radius 2 is 1.70 bits per heavy atom. The van der Waals surface area contributed by atoms with Crippen LogP contribution < -0.4 is 10.6 Å². The Bertz CT molecular complexity index is 1030. The van der Waals surface area contributed by atoms with Crippen LogP contribution in [0, 0.1) is 10.1 Å². The maximum absolute atomic E-state index is 10.9. The average Bonchev–Trinajstić information content (AvgIpc) is 2.75. The van der Waals surface area contributed by atoms with Crippen LogP contribution in [-0.2, 0) is 24.5 Å². The van der Waals surface area contributed by atoms with E-state index in [9.17, 15) is 10.1 Å². The number of ether oxygens (including phenoxy) is 1. The zero-order chi connectivity index (χ0) is 21.3. The molecular formula is C22H20ClN3O3S. The first-order valence-electron chi connectivity index (χ1n) is 9.20. The highest BCUT2D eigenvalue weighted by atomic mass is 35.5. The third-order valence-electron chi connectivity index (χ3n) is 4.34. The lowest BCUT2D eigenvalue weighted by molar-refractivity contribution is -0.384. The Balaban J connectivity index is 1.56. The largest absolute Gasteiger partial charge is 0.372 e.